The number of hydrogen-bond acceptors (Lipinski definition) is 4. The molecular weight excluding hydrogens is 278 g/mol. The summed E-state index contributed by atoms with van der Waals surface area (Å²) >= 11 is 0. The van der Waals surface area contributed by atoms with Gasteiger partial charge in [-0.05, 0) is 52.0 Å². The lowest BCUT2D eigenvalue weighted by molar-refractivity contribution is -0.140. The number of carboxylic acid groups (broad SMARTS) is 2. The molecule has 1 saturated carbocycles. The highest BCUT2D eigenvalue weighted by molar-refractivity contribution is 6.13. The summed E-state index contributed by atoms with van der Waals surface area (Å²) < 4.78 is 5.14. The molecule has 1 aliphatic rings. The van der Waals surface area contributed by atoms with Crippen molar-refractivity contribution in [1.29, 1.82) is 0 Å². The normalized spacial score (nSPS) is 18.8. The highest BCUT2D eigenvalue weighted by Crippen LogP contribution is 2.27. The largest absolute Gasteiger partial charge is 0.477 e. The Hall–Kier alpha value is -2.05. The molecule has 0 heterocycles. The highest BCUT2D eigenvalue weighted by Gasteiger charge is 2.27. The van der Waals surface area contributed by atoms with E-state index in [0.29, 0.717) is 31.3 Å². The van der Waals surface area contributed by atoms with E-state index >= 15 is 0 Å². The fourth-order valence-corrected chi connectivity index (χ4v) is 2.23. The van der Waals surface area contributed by atoms with Crippen LogP contribution in [0.1, 0.15) is 46.5 Å². The maximum Gasteiger partial charge on any atom is 0.407 e. The summed E-state index contributed by atoms with van der Waals surface area (Å²) in [5, 5.41) is 20.5. The van der Waals surface area contributed by atoms with Crippen molar-refractivity contribution < 1.29 is 29.3 Å². The van der Waals surface area contributed by atoms with Crippen LogP contribution < -0.4 is 5.32 Å². The van der Waals surface area contributed by atoms with Crippen molar-refractivity contribution in [3.8, 4) is 0 Å². The van der Waals surface area contributed by atoms with Crippen LogP contribution in [0, 0.1) is 0 Å². The molecule has 0 spiro atoms. The summed E-state index contributed by atoms with van der Waals surface area (Å²) in [6.07, 6.45) is 1.16. The third kappa shape index (κ3) is 5.45. The van der Waals surface area contributed by atoms with Gasteiger partial charge >= 0.3 is 18.0 Å². The van der Waals surface area contributed by atoms with Crippen molar-refractivity contribution in [1.82, 2.24) is 5.32 Å². The Morgan fingerprint density at radius 3 is 1.95 bits per heavy atom. The molecule has 0 saturated heterocycles. The number of rotatable bonds is 3. The van der Waals surface area contributed by atoms with Crippen molar-refractivity contribution in [2.45, 2.75) is 58.1 Å². The average Bonchev–Trinajstić information content (AvgIpc) is 2.27. The molecule has 21 heavy (non-hydrogen) atoms. The molecule has 0 aromatic heterocycles. The van der Waals surface area contributed by atoms with Crippen molar-refractivity contribution in [3.05, 3.63) is 11.1 Å². The van der Waals surface area contributed by atoms with Crippen molar-refractivity contribution >= 4 is 18.0 Å². The first-order valence-corrected chi connectivity index (χ1v) is 6.78. The predicted molar refractivity (Wildman–Crippen MR) is 73.9 cm³/mol. The summed E-state index contributed by atoms with van der Waals surface area (Å²) in [4.78, 5) is 33.5. The number of allylic oxidation sites excluding steroid dienone is 1. The molecule has 3 N–H and O–H groups in total. The van der Waals surface area contributed by atoms with E-state index in [1.165, 1.54) is 0 Å². The predicted octanol–water partition coefficient (Wildman–Crippen LogP) is 1.92. The molecule has 1 amide bonds. The first kappa shape index (κ1) is 17.0. The molecule has 0 unspecified atom stereocenters. The minimum Gasteiger partial charge on any atom is -0.477 e. The van der Waals surface area contributed by atoms with Gasteiger partial charge in [-0.2, -0.15) is 0 Å². The summed E-state index contributed by atoms with van der Waals surface area (Å²) in [5.41, 5.74) is -0.716. The molecule has 0 bridgehead atoms. The maximum absolute atomic E-state index is 11.6. The van der Waals surface area contributed by atoms with Crippen molar-refractivity contribution in [2.75, 3.05) is 0 Å². The smallest absolute Gasteiger partial charge is 0.407 e. The van der Waals surface area contributed by atoms with Gasteiger partial charge in [-0.3, -0.25) is 0 Å². The topological polar surface area (TPSA) is 113 Å². The van der Waals surface area contributed by atoms with E-state index in [4.69, 9.17) is 14.9 Å². The van der Waals surface area contributed by atoms with Gasteiger partial charge in [-0.1, -0.05) is 0 Å². The van der Waals surface area contributed by atoms with E-state index in [0.717, 1.165) is 0 Å². The number of hydrogen-bond donors (Lipinski definition) is 3. The standard InChI is InChI=1S/C14H21NO6/c1-14(2,3)21-13(20)15-9-6-4-8(5-7-9)10(11(16)17)12(18)19/h9H,4-7H2,1-3H3,(H,15,20)(H,16,17)(H,18,19). The number of ether oxygens (including phenoxy) is 1. The Labute approximate surface area is 123 Å². The molecule has 0 aromatic rings. The van der Waals surface area contributed by atoms with Gasteiger partial charge in [0.25, 0.3) is 0 Å². The van der Waals surface area contributed by atoms with Crippen LogP contribution in [0.5, 0.6) is 0 Å². The minimum atomic E-state index is -1.42. The quantitative estimate of drug-likeness (QED) is 0.417. The molecular formula is C14H21NO6. The zero-order chi connectivity index (χ0) is 16.2. The summed E-state index contributed by atoms with van der Waals surface area (Å²) in [5.74, 6) is -2.84. The number of carbonyl (C=O) groups excluding carboxylic acids is 1. The Kier molecular flexibility index (Phi) is 5.34. The number of aliphatic carboxylic acids is 2. The van der Waals surface area contributed by atoms with E-state index in [-0.39, 0.29) is 6.04 Å². The molecule has 7 heteroatoms. The first-order chi connectivity index (χ1) is 9.60. The lowest BCUT2D eigenvalue weighted by Crippen LogP contribution is -2.40. The highest BCUT2D eigenvalue weighted by atomic mass is 16.6. The fraction of sp³-hybridized carbons (Fsp3) is 0.643. The van der Waals surface area contributed by atoms with E-state index in [9.17, 15) is 14.4 Å². The molecule has 118 valence electrons. The van der Waals surface area contributed by atoms with Crippen molar-refractivity contribution in [3.63, 3.8) is 0 Å². The molecule has 1 aliphatic carbocycles. The monoisotopic (exact) mass is 299 g/mol. The van der Waals surface area contributed by atoms with E-state index in [1.54, 1.807) is 20.8 Å². The lowest BCUT2D eigenvalue weighted by atomic mass is 9.88. The number of carboxylic acids is 2. The zero-order valence-corrected chi connectivity index (χ0v) is 12.4. The second-order valence-electron chi connectivity index (χ2n) is 6.01. The lowest BCUT2D eigenvalue weighted by Gasteiger charge is -2.27. The van der Waals surface area contributed by atoms with Crippen LogP contribution in [0.3, 0.4) is 0 Å². The molecule has 0 atom stereocenters. The second kappa shape index (κ2) is 6.60. The number of carbonyl (C=O) groups is 3. The Balaban J connectivity index is 2.60. The van der Waals surface area contributed by atoms with Gasteiger partial charge in [0, 0.05) is 6.04 Å². The second-order valence-corrected chi connectivity index (χ2v) is 6.01. The van der Waals surface area contributed by atoms with E-state index < -0.39 is 29.2 Å². The third-order valence-corrected chi connectivity index (χ3v) is 3.09. The van der Waals surface area contributed by atoms with E-state index in [1.807, 2.05) is 0 Å². The van der Waals surface area contributed by atoms with Crippen LogP contribution in [-0.4, -0.2) is 39.9 Å². The van der Waals surface area contributed by atoms with E-state index in [2.05, 4.69) is 5.32 Å². The number of amides is 1. The van der Waals surface area contributed by atoms with Gasteiger partial charge in [0.1, 0.15) is 11.2 Å². The van der Waals surface area contributed by atoms with Crippen LogP contribution >= 0.6 is 0 Å². The van der Waals surface area contributed by atoms with Gasteiger partial charge in [-0.15, -0.1) is 0 Å². The molecule has 0 aromatic carbocycles. The van der Waals surface area contributed by atoms with Gasteiger partial charge in [0.2, 0.25) is 0 Å². The SMILES string of the molecule is CC(C)(C)OC(=O)NC1CCC(=C(C(=O)O)C(=O)O)CC1. The Morgan fingerprint density at radius 1 is 1.10 bits per heavy atom. The average molecular weight is 299 g/mol. The van der Waals surface area contributed by atoms with Gasteiger partial charge in [0.15, 0.2) is 0 Å². The van der Waals surface area contributed by atoms with Crippen LogP contribution in [0.25, 0.3) is 0 Å². The third-order valence-electron chi connectivity index (χ3n) is 3.09. The number of nitrogens with one attached hydrogen (secondary N) is 1. The molecule has 1 rings (SSSR count). The van der Waals surface area contributed by atoms with Crippen LogP contribution in [0.15, 0.2) is 11.1 Å². The Morgan fingerprint density at radius 2 is 1.57 bits per heavy atom. The van der Waals surface area contributed by atoms with Crippen LogP contribution in [-0.2, 0) is 14.3 Å². The maximum atomic E-state index is 11.6. The van der Waals surface area contributed by atoms with Crippen LogP contribution in [0.4, 0.5) is 4.79 Å². The van der Waals surface area contributed by atoms with Crippen molar-refractivity contribution in [2.24, 2.45) is 0 Å². The van der Waals surface area contributed by atoms with Gasteiger partial charge < -0.3 is 20.3 Å². The summed E-state index contributed by atoms with van der Waals surface area (Å²) in [6.45, 7) is 5.29. The van der Waals surface area contributed by atoms with Gasteiger partial charge in [-0.25, -0.2) is 14.4 Å². The molecule has 0 aliphatic heterocycles. The summed E-state index contributed by atoms with van der Waals surface area (Å²) in [6, 6.07) is -0.132. The molecule has 7 nitrogen and oxygen atoms in total. The molecule has 1 fully saturated rings. The first-order valence-electron chi connectivity index (χ1n) is 6.78. The Bertz CT molecular complexity index is 448. The van der Waals surface area contributed by atoms with Crippen LogP contribution in [0.2, 0.25) is 0 Å². The fourth-order valence-electron chi connectivity index (χ4n) is 2.23. The minimum absolute atomic E-state index is 0.132. The molecule has 0 radical (unpaired) electrons. The number of alkyl carbamates (subject to hydrolysis) is 1. The van der Waals surface area contributed by atoms with Gasteiger partial charge in [0.05, 0.1) is 0 Å². The zero-order valence-electron chi connectivity index (χ0n) is 12.4. The summed E-state index contributed by atoms with van der Waals surface area (Å²) in [7, 11) is 0.